The van der Waals surface area contributed by atoms with E-state index in [1.807, 2.05) is 16.1 Å². The van der Waals surface area contributed by atoms with Crippen molar-refractivity contribution in [2.45, 2.75) is 0 Å². The third-order valence-electron chi connectivity index (χ3n) is 1.09. The molecule has 0 bridgehead atoms. The van der Waals surface area contributed by atoms with Crippen LogP contribution >= 0.6 is 27.3 Å². The van der Waals surface area contributed by atoms with E-state index in [1.54, 1.807) is 17.5 Å². The van der Waals surface area contributed by atoms with E-state index in [9.17, 15) is 0 Å². The van der Waals surface area contributed by atoms with Crippen LogP contribution in [0.15, 0.2) is 22.2 Å². The monoisotopic (exact) mass is 202 g/mol. The SMILES string of the molecule is Brc1cnn2ccsc12. The molecule has 0 unspecified atom stereocenters. The minimum absolute atomic E-state index is 1.07. The molecule has 0 fully saturated rings. The van der Waals surface area contributed by atoms with E-state index in [0.717, 1.165) is 9.30 Å². The van der Waals surface area contributed by atoms with E-state index in [2.05, 4.69) is 21.0 Å². The fourth-order valence-corrected chi connectivity index (χ4v) is 1.94. The van der Waals surface area contributed by atoms with Gasteiger partial charge in [-0.1, -0.05) is 0 Å². The third kappa shape index (κ3) is 0.702. The van der Waals surface area contributed by atoms with Crippen LogP contribution in [-0.4, -0.2) is 9.61 Å². The first-order valence-electron chi connectivity index (χ1n) is 2.44. The molecular formula is C5H3BrN2S. The van der Waals surface area contributed by atoms with Crippen molar-refractivity contribution in [3.63, 3.8) is 0 Å². The summed E-state index contributed by atoms with van der Waals surface area (Å²) in [6.07, 6.45) is 3.73. The first-order chi connectivity index (χ1) is 4.38. The predicted octanol–water partition coefficient (Wildman–Crippen LogP) is 2.16. The quantitative estimate of drug-likeness (QED) is 0.641. The van der Waals surface area contributed by atoms with E-state index >= 15 is 0 Å². The fourth-order valence-electron chi connectivity index (χ4n) is 0.699. The minimum Gasteiger partial charge on any atom is -0.229 e. The second-order valence-corrected chi connectivity index (χ2v) is 3.39. The normalized spacial score (nSPS) is 10.8. The van der Waals surface area contributed by atoms with E-state index in [0.29, 0.717) is 0 Å². The minimum atomic E-state index is 1.07. The molecule has 0 saturated heterocycles. The van der Waals surface area contributed by atoms with E-state index < -0.39 is 0 Å². The van der Waals surface area contributed by atoms with Crippen molar-refractivity contribution >= 4 is 32.1 Å². The second-order valence-electron chi connectivity index (χ2n) is 1.65. The van der Waals surface area contributed by atoms with Gasteiger partial charge in [-0.05, 0) is 15.9 Å². The molecular weight excluding hydrogens is 200 g/mol. The van der Waals surface area contributed by atoms with Gasteiger partial charge in [0, 0.05) is 11.6 Å². The molecule has 0 spiro atoms. The van der Waals surface area contributed by atoms with Crippen LogP contribution in [0.3, 0.4) is 0 Å². The van der Waals surface area contributed by atoms with Crippen molar-refractivity contribution in [1.29, 1.82) is 0 Å². The van der Waals surface area contributed by atoms with Crippen LogP contribution in [0.25, 0.3) is 4.83 Å². The topological polar surface area (TPSA) is 17.3 Å². The fraction of sp³-hybridized carbons (Fsp3) is 0. The van der Waals surface area contributed by atoms with Crippen LogP contribution in [0.1, 0.15) is 0 Å². The molecule has 4 heteroatoms. The van der Waals surface area contributed by atoms with Gasteiger partial charge in [0.2, 0.25) is 0 Å². The van der Waals surface area contributed by atoms with E-state index in [4.69, 9.17) is 0 Å². The molecule has 2 nitrogen and oxygen atoms in total. The van der Waals surface area contributed by atoms with Crippen LogP contribution in [0, 0.1) is 0 Å². The highest BCUT2D eigenvalue weighted by molar-refractivity contribution is 9.10. The van der Waals surface area contributed by atoms with E-state index in [-0.39, 0.29) is 0 Å². The van der Waals surface area contributed by atoms with Crippen molar-refractivity contribution < 1.29 is 0 Å². The maximum atomic E-state index is 4.06. The van der Waals surface area contributed by atoms with Gasteiger partial charge in [-0.3, -0.25) is 0 Å². The molecule has 2 aromatic heterocycles. The molecule has 0 aliphatic rings. The number of halogens is 1. The Morgan fingerprint density at radius 3 is 3.33 bits per heavy atom. The van der Waals surface area contributed by atoms with Gasteiger partial charge < -0.3 is 0 Å². The Balaban J connectivity index is 2.99. The molecule has 0 saturated carbocycles. The molecule has 0 aliphatic heterocycles. The number of aromatic nitrogens is 2. The van der Waals surface area contributed by atoms with Gasteiger partial charge in [-0.15, -0.1) is 11.3 Å². The van der Waals surface area contributed by atoms with E-state index in [1.165, 1.54) is 0 Å². The molecule has 0 aromatic carbocycles. The lowest BCUT2D eigenvalue weighted by Crippen LogP contribution is -1.74. The summed E-state index contributed by atoms with van der Waals surface area (Å²) in [6, 6.07) is 0. The summed E-state index contributed by atoms with van der Waals surface area (Å²) in [5.41, 5.74) is 0. The second kappa shape index (κ2) is 1.82. The van der Waals surface area contributed by atoms with Gasteiger partial charge >= 0.3 is 0 Å². The van der Waals surface area contributed by atoms with Crippen molar-refractivity contribution in [1.82, 2.24) is 9.61 Å². The first kappa shape index (κ1) is 5.44. The number of thiazole rings is 1. The zero-order valence-corrected chi connectivity index (χ0v) is 6.82. The molecule has 0 amide bonds. The molecule has 0 atom stereocenters. The largest absolute Gasteiger partial charge is 0.229 e. The molecule has 2 aromatic rings. The zero-order chi connectivity index (χ0) is 6.27. The van der Waals surface area contributed by atoms with Crippen LogP contribution in [0.4, 0.5) is 0 Å². The zero-order valence-electron chi connectivity index (χ0n) is 4.41. The summed E-state index contributed by atoms with van der Waals surface area (Å²) in [4.78, 5) is 1.16. The Bertz CT molecular complexity index is 324. The summed E-state index contributed by atoms with van der Waals surface area (Å²) in [6.45, 7) is 0. The molecule has 0 radical (unpaired) electrons. The highest BCUT2D eigenvalue weighted by Gasteiger charge is 1.98. The average Bonchev–Trinajstić information content (AvgIpc) is 2.35. The van der Waals surface area contributed by atoms with Crippen molar-refractivity contribution in [3.05, 3.63) is 22.2 Å². The average molecular weight is 203 g/mol. The lowest BCUT2D eigenvalue weighted by molar-refractivity contribution is 0.978. The summed E-state index contributed by atoms with van der Waals surface area (Å²) in [7, 11) is 0. The van der Waals surface area contributed by atoms with Crippen molar-refractivity contribution in [2.24, 2.45) is 0 Å². The molecule has 46 valence electrons. The van der Waals surface area contributed by atoms with Gasteiger partial charge in [-0.25, -0.2) is 4.52 Å². The standard InChI is InChI=1S/C5H3BrN2S/c6-4-3-7-8-1-2-9-5(4)8/h1-3H. The Hall–Kier alpha value is -0.350. The van der Waals surface area contributed by atoms with Gasteiger partial charge in [0.25, 0.3) is 0 Å². The maximum Gasteiger partial charge on any atom is 0.133 e. The predicted molar refractivity (Wildman–Crippen MR) is 40.8 cm³/mol. The molecule has 0 N–H and O–H groups in total. The first-order valence-corrected chi connectivity index (χ1v) is 4.11. The van der Waals surface area contributed by atoms with Crippen LogP contribution in [0.5, 0.6) is 0 Å². The molecule has 2 heterocycles. The summed E-state index contributed by atoms with van der Waals surface area (Å²) in [5, 5.41) is 6.07. The highest BCUT2D eigenvalue weighted by atomic mass is 79.9. The van der Waals surface area contributed by atoms with Gasteiger partial charge in [-0.2, -0.15) is 5.10 Å². The highest BCUT2D eigenvalue weighted by Crippen LogP contribution is 2.21. The number of hydrogen-bond acceptors (Lipinski definition) is 2. The Morgan fingerprint density at radius 1 is 1.67 bits per heavy atom. The molecule has 2 rings (SSSR count). The molecule has 9 heavy (non-hydrogen) atoms. The summed E-state index contributed by atoms with van der Waals surface area (Å²) in [5.74, 6) is 0. The van der Waals surface area contributed by atoms with Gasteiger partial charge in [0.05, 0.1) is 10.7 Å². The number of rotatable bonds is 0. The van der Waals surface area contributed by atoms with Crippen molar-refractivity contribution in [3.8, 4) is 0 Å². The van der Waals surface area contributed by atoms with Crippen molar-refractivity contribution in [2.75, 3.05) is 0 Å². The Morgan fingerprint density at radius 2 is 2.56 bits per heavy atom. The lowest BCUT2D eigenvalue weighted by Gasteiger charge is -1.75. The number of hydrogen-bond donors (Lipinski definition) is 0. The number of fused-ring (bicyclic) bond motifs is 1. The third-order valence-corrected chi connectivity index (χ3v) is 2.82. The summed E-state index contributed by atoms with van der Waals surface area (Å²) >= 11 is 5.05. The van der Waals surface area contributed by atoms with Crippen LogP contribution < -0.4 is 0 Å². The lowest BCUT2D eigenvalue weighted by atomic mass is 10.7. The Kier molecular flexibility index (Phi) is 1.10. The smallest absolute Gasteiger partial charge is 0.133 e. The van der Waals surface area contributed by atoms with Gasteiger partial charge in [0.15, 0.2) is 0 Å². The number of nitrogens with zero attached hydrogens (tertiary/aromatic N) is 2. The van der Waals surface area contributed by atoms with Crippen LogP contribution in [0.2, 0.25) is 0 Å². The van der Waals surface area contributed by atoms with Crippen LogP contribution in [-0.2, 0) is 0 Å². The molecule has 0 aliphatic carbocycles. The van der Waals surface area contributed by atoms with Gasteiger partial charge in [0.1, 0.15) is 4.83 Å². The maximum absolute atomic E-state index is 4.06. The Labute approximate surface area is 64.2 Å². The summed E-state index contributed by atoms with van der Waals surface area (Å²) < 4.78 is 2.91.